The number of alkyl halides is 3. The normalized spacial score (nSPS) is 12.4. The fourth-order valence-corrected chi connectivity index (χ4v) is 5.12. The molecule has 0 aliphatic carbocycles. The van der Waals surface area contributed by atoms with E-state index in [4.69, 9.17) is 5.14 Å². The number of pyridine rings is 1. The Morgan fingerprint density at radius 2 is 1.70 bits per heavy atom. The summed E-state index contributed by atoms with van der Waals surface area (Å²) < 4.78 is 63.5. The number of halogens is 3. The first kappa shape index (κ1) is 20.5. The third-order valence-electron chi connectivity index (χ3n) is 4.69. The van der Waals surface area contributed by atoms with Gasteiger partial charge in [0, 0.05) is 16.5 Å². The van der Waals surface area contributed by atoms with Crippen molar-refractivity contribution in [2.45, 2.75) is 17.3 Å². The zero-order valence-electron chi connectivity index (χ0n) is 15.6. The number of hydrogen-bond donors (Lipinski definition) is 1. The number of para-hydroxylation sites is 1. The number of hydrogen-bond acceptors (Lipinski definition) is 4. The Labute approximate surface area is 174 Å². The number of nitrogens with zero attached hydrogens (tertiary/aromatic N) is 1. The number of benzene rings is 2. The average molecular weight is 448 g/mol. The molecule has 154 valence electrons. The lowest BCUT2D eigenvalue weighted by atomic mass is 9.94. The lowest BCUT2D eigenvalue weighted by Crippen LogP contribution is -2.09. The van der Waals surface area contributed by atoms with Gasteiger partial charge in [-0.05, 0) is 53.4 Å². The highest BCUT2D eigenvalue weighted by Crippen LogP contribution is 2.39. The minimum atomic E-state index is -4.51. The first-order valence-electron chi connectivity index (χ1n) is 8.74. The Kier molecular flexibility index (Phi) is 4.92. The SMILES string of the molecule is Cc1cnc2c(C(F)(F)F)cccc2c1-c1cccc(-c2ccc(S(N)(=O)=O)s2)c1. The molecule has 0 spiro atoms. The Hall–Kier alpha value is -2.75. The Morgan fingerprint density at radius 1 is 1.00 bits per heavy atom. The van der Waals surface area contributed by atoms with E-state index < -0.39 is 21.8 Å². The maximum absolute atomic E-state index is 13.4. The quantitative estimate of drug-likeness (QED) is 0.443. The van der Waals surface area contributed by atoms with Crippen molar-refractivity contribution in [3.63, 3.8) is 0 Å². The molecule has 0 saturated heterocycles. The summed E-state index contributed by atoms with van der Waals surface area (Å²) in [5, 5.41) is 5.59. The number of thiophene rings is 1. The van der Waals surface area contributed by atoms with Crippen LogP contribution in [0.1, 0.15) is 11.1 Å². The molecular weight excluding hydrogens is 433 g/mol. The summed E-state index contributed by atoms with van der Waals surface area (Å²) >= 11 is 1.04. The molecule has 2 aromatic heterocycles. The number of primary sulfonamides is 1. The second-order valence-corrected chi connectivity index (χ2v) is 9.63. The van der Waals surface area contributed by atoms with Crippen molar-refractivity contribution in [1.82, 2.24) is 4.98 Å². The fraction of sp³-hybridized carbons (Fsp3) is 0.0952. The molecule has 0 radical (unpaired) electrons. The molecule has 4 nitrogen and oxygen atoms in total. The molecular formula is C21H15F3N2O2S2. The molecule has 0 unspecified atom stereocenters. The molecule has 2 aromatic carbocycles. The van der Waals surface area contributed by atoms with Gasteiger partial charge in [-0.1, -0.05) is 30.3 Å². The topological polar surface area (TPSA) is 73.0 Å². The minimum Gasteiger partial charge on any atom is -0.255 e. The summed E-state index contributed by atoms with van der Waals surface area (Å²) in [5.41, 5.74) is 1.94. The molecule has 4 aromatic rings. The van der Waals surface area contributed by atoms with Crippen molar-refractivity contribution in [3.8, 4) is 21.6 Å². The van der Waals surface area contributed by atoms with Gasteiger partial charge in [0.15, 0.2) is 0 Å². The van der Waals surface area contributed by atoms with Crippen LogP contribution in [0.4, 0.5) is 13.2 Å². The summed E-state index contributed by atoms with van der Waals surface area (Å²) in [4.78, 5) is 4.73. The molecule has 0 atom stereocenters. The van der Waals surface area contributed by atoms with Crippen molar-refractivity contribution in [2.75, 3.05) is 0 Å². The van der Waals surface area contributed by atoms with Crippen LogP contribution in [0, 0.1) is 6.92 Å². The van der Waals surface area contributed by atoms with Crippen LogP contribution in [0.2, 0.25) is 0 Å². The Balaban J connectivity index is 1.91. The van der Waals surface area contributed by atoms with E-state index in [9.17, 15) is 21.6 Å². The summed E-state index contributed by atoms with van der Waals surface area (Å²) in [6, 6.07) is 14.3. The van der Waals surface area contributed by atoms with E-state index in [2.05, 4.69) is 4.98 Å². The van der Waals surface area contributed by atoms with Crippen molar-refractivity contribution in [1.29, 1.82) is 0 Å². The monoisotopic (exact) mass is 448 g/mol. The van der Waals surface area contributed by atoms with Crippen LogP contribution in [-0.4, -0.2) is 13.4 Å². The molecule has 2 heterocycles. The van der Waals surface area contributed by atoms with Crippen LogP contribution in [0.15, 0.2) is 65.0 Å². The smallest absolute Gasteiger partial charge is 0.255 e. The molecule has 0 amide bonds. The molecule has 0 fully saturated rings. The lowest BCUT2D eigenvalue weighted by Gasteiger charge is -2.15. The lowest BCUT2D eigenvalue weighted by molar-refractivity contribution is -0.136. The van der Waals surface area contributed by atoms with Crippen molar-refractivity contribution < 1.29 is 21.6 Å². The fourth-order valence-electron chi connectivity index (χ4n) is 3.39. The Bertz CT molecular complexity index is 1380. The van der Waals surface area contributed by atoms with Gasteiger partial charge in [0.1, 0.15) is 4.21 Å². The largest absolute Gasteiger partial charge is 0.418 e. The zero-order chi connectivity index (χ0) is 21.7. The van der Waals surface area contributed by atoms with Crippen LogP contribution >= 0.6 is 11.3 Å². The molecule has 9 heteroatoms. The molecule has 30 heavy (non-hydrogen) atoms. The second-order valence-electron chi connectivity index (χ2n) is 6.76. The summed E-state index contributed by atoms with van der Waals surface area (Å²) in [7, 11) is -3.80. The second kappa shape index (κ2) is 7.19. The highest BCUT2D eigenvalue weighted by molar-refractivity contribution is 7.91. The Morgan fingerprint density at radius 3 is 2.37 bits per heavy atom. The maximum atomic E-state index is 13.4. The molecule has 0 aliphatic rings. The molecule has 2 N–H and O–H groups in total. The molecule has 0 aliphatic heterocycles. The van der Waals surface area contributed by atoms with Gasteiger partial charge in [0.05, 0.1) is 11.1 Å². The van der Waals surface area contributed by atoms with E-state index in [1.807, 2.05) is 12.1 Å². The standard InChI is InChI=1S/C21H15F3N2O2S2/c1-12-11-26-20-15(6-3-7-16(20)21(22,23)24)19(12)14-5-2-4-13(10-14)17-8-9-18(29-17)30(25,27)28/h2-11H,1H3,(H2,25,27,28). The molecule has 0 saturated carbocycles. The number of aromatic nitrogens is 1. The van der Waals surface area contributed by atoms with Gasteiger partial charge in [-0.15, -0.1) is 11.3 Å². The average Bonchev–Trinajstić information content (AvgIpc) is 3.17. The van der Waals surface area contributed by atoms with Crippen LogP contribution in [0.5, 0.6) is 0 Å². The van der Waals surface area contributed by atoms with E-state index in [0.717, 1.165) is 28.5 Å². The zero-order valence-corrected chi connectivity index (χ0v) is 17.2. The third-order valence-corrected chi connectivity index (χ3v) is 7.26. The molecule has 0 bridgehead atoms. The number of rotatable bonds is 3. The number of aryl methyl sites for hydroxylation is 1. The van der Waals surface area contributed by atoms with E-state index in [0.29, 0.717) is 21.4 Å². The van der Waals surface area contributed by atoms with Gasteiger partial charge < -0.3 is 0 Å². The van der Waals surface area contributed by atoms with Crippen LogP contribution in [0.25, 0.3) is 32.5 Å². The first-order valence-corrected chi connectivity index (χ1v) is 11.1. The van der Waals surface area contributed by atoms with Crippen LogP contribution in [-0.2, 0) is 16.2 Å². The van der Waals surface area contributed by atoms with Gasteiger partial charge in [0.25, 0.3) is 0 Å². The van der Waals surface area contributed by atoms with Gasteiger partial charge in [-0.25, -0.2) is 13.6 Å². The van der Waals surface area contributed by atoms with E-state index in [1.165, 1.54) is 18.3 Å². The van der Waals surface area contributed by atoms with E-state index in [-0.39, 0.29) is 9.73 Å². The van der Waals surface area contributed by atoms with E-state index >= 15 is 0 Å². The first-order chi connectivity index (χ1) is 14.1. The number of fused-ring (bicyclic) bond motifs is 1. The highest BCUT2D eigenvalue weighted by atomic mass is 32.2. The van der Waals surface area contributed by atoms with Crippen LogP contribution < -0.4 is 5.14 Å². The van der Waals surface area contributed by atoms with Gasteiger partial charge in [-0.3, -0.25) is 4.98 Å². The van der Waals surface area contributed by atoms with Crippen molar-refractivity contribution in [3.05, 3.63) is 71.9 Å². The van der Waals surface area contributed by atoms with Crippen molar-refractivity contribution in [2.24, 2.45) is 5.14 Å². The van der Waals surface area contributed by atoms with Crippen molar-refractivity contribution >= 4 is 32.3 Å². The number of sulfonamides is 1. The summed E-state index contributed by atoms with van der Waals surface area (Å²) in [6.45, 7) is 1.79. The summed E-state index contributed by atoms with van der Waals surface area (Å²) in [6.07, 6.45) is -3.08. The van der Waals surface area contributed by atoms with Gasteiger partial charge in [-0.2, -0.15) is 13.2 Å². The maximum Gasteiger partial charge on any atom is 0.418 e. The third kappa shape index (κ3) is 3.71. The highest BCUT2D eigenvalue weighted by Gasteiger charge is 2.33. The van der Waals surface area contributed by atoms with Gasteiger partial charge >= 0.3 is 6.18 Å². The minimum absolute atomic E-state index is 0.0447. The van der Waals surface area contributed by atoms with Gasteiger partial charge in [0.2, 0.25) is 10.0 Å². The summed E-state index contributed by atoms with van der Waals surface area (Å²) in [5.74, 6) is 0. The molecule has 4 rings (SSSR count). The van der Waals surface area contributed by atoms with E-state index in [1.54, 1.807) is 31.2 Å². The predicted octanol–water partition coefficient (Wildman–Crippen LogP) is 5.60. The van der Waals surface area contributed by atoms with Crippen LogP contribution in [0.3, 0.4) is 0 Å². The predicted molar refractivity (Wildman–Crippen MR) is 112 cm³/mol. The number of nitrogens with two attached hydrogens (primary N) is 1.